The molecule has 0 bridgehead atoms. The topological polar surface area (TPSA) is 67.2 Å². The Morgan fingerprint density at radius 2 is 1.77 bits per heavy atom. The Bertz CT molecular complexity index is 1160. The molecular formula is C24H22N4O2. The predicted molar refractivity (Wildman–Crippen MR) is 114 cm³/mol. The molecule has 6 heteroatoms. The summed E-state index contributed by atoms with van der Waals surface area (Å²) in [5.41, 5.74) is 4.55. The molecule has 2 aliphatic rings. The Labute approximate surface area is 174 Å². The average molecular weight is 398 g/mol. The van der Waals surface area contributed by atoms with Gasteiger partial charge in [0.25, 0.3) is 0 Å². The van der Waals surface area contributed by atoms with Gasteiger partial charge in [0.05, 0.1) is 17.7 Å². The lowest BCUT2D eigenvalue weighted by atomic mass is 9.86. The molecule has 3 amide bonds. The number of benzene rings is 2. The van der Waals surface area contributed by atoms with Crippen LogP contribution in [0.15, 0.2) is 72.7 Å². The number of hydrogen-bond acceptors (Lipinski definition) is 3. The van der Waals surface area contributed by atoms with Crippen LogP contribution in [0.4, 0.5) is 4.79 Å². The normalized spacial score (nSPS) is 20.7. The minimum absolute atomic E-state index is 0.166. The number of carbonyl (C=O) groups is 2. The number of nitrogens with one attached hydrogen (secondary N) is 1. The molecule has 30 heavy (non-hydrogen) atoms. The number of fused-ring (bicyclic) bond motifs is 1. The lowest BCUT2D eigenvalue weighted by Crippen LogP contribution is -2.33. The van der Waals surface area contributed by atoms with Gasteiger partial charge in [-0.3, -0.25) is 4.79 Å². The summed E-state index contributed by atoms with van der Waals surface area (Å²) in [4.78, 5) is 31.6. The summed E-state index contributed by atoms with van der Waals surface area (Å²) in [5, 5.41) is 2.94. The van der Waals surface area contributed by atoms with Gasteiger partial charge in [-0.05, 0) is 42.2 Å². The van der Waals surface area contributed by atoms with Gasteiger partial charge in [-0.2, -0.15) is 0 Å². The number of amides is 3. The molecule has 2 unspecified atom stereocenters. The zero-order chi connectivity index (χ0) is 20.8. The molecule has 150 valence electrons. The molecule has 5 rings (SSSR count). The van der Waals surface area contributed by atoms with E-state index in [2.05, 4.69) is 10.3 Å². The van der Waals surface area contributed by atoms with Gasteiger partial charge in [0.1, 0.15) is 5.82 Å². The molecule has 2 aromatic carbocycles. The van der Waals surface area contributed by atoms with Crippen LogP contribution in [0.3, 0.4) is 0 Å². The van der Waals surface area contributed by atoms with E-state index in [1.807, 2.05) is 79.2 Å². The van der Waals surface area contributed by atoms with Crippen LogP contribution in [0, 0.1) is 6.92 Å². The van der Waals surface area contributed by atoms with Crippen LogP contribution in [0.5, 0.6) is 0 Å². The van der Waals surface area contributed by atoms with Crippen LogP contribution in [0.25, 0.3) is 11.3 Å². The fourth-order valence-electron chi connectivity index (χ4n) is 4.49. The Morgan fingerprint density at radius 3 is 2.40 bits per heavy atom. The lowest BCUT2D eigenvalue weighted by molar-refractivity contribution is -0.125. The number of hydrogen-bond donors (Lipinski definition) is 1. The average Bonchev–Trinajstić information content (AvgIpc) is 3.43. The van der Waals surface area contributed by atoms with Crippen LogP contribution >= 0.6 is 0 Å². The number of rotatable bonds is 4. The van der Waals surface area contributed by atoms with Crippen LogP contribution < -0.4 is 5.32 Å². The summed E-state index contributed by atoms with van der Waals surface area (Å²) in [6.45, 7) is 3.98. The molecule has 1 fully saturated rings. The lowest BCUT2D eigenvalue weighted by Gasteiger charge is -2.17. The number of urea groups is 1. The van der Waals surface area contributed by atoms with Gasteiger partial charge in [-0.15, -0.1) is 0 Å². The number of imidazole rings is 1. The Morgan fingerprint density at radius 1 is 1.03 bits per heavy atom. The van der Waals surface area contributed by atoms with Gasteiger partial charge in [-0.1, -0.05) is 49.4 Å². The summed E-state index contributed by atoms with van der Waals surface area (Å²) < 4.78 is 2.01. The van der Waals surface area contributed by atoms with Gasteiger partial charge >= 0.3 is 6.03 Å². The molecule has 1 aromatic heterocycles. The number of aryl methyl sites for hydroxylation is 1. The molecule has 0 spiro atoms. The largest absolute Gasteiger partial charge is 0.329 e. The van der Waals surface area contributed by atoms with Crippen molar-refractivity contribution in [1.82, 2.24) is 19.8 Å². The Hall–Kier alpha value is -3.67. The second kappa shape index (κ2) is 6.99. The van der Waals surface area contributed by atoms with E-state index in [-0.39, 0.29) is 18.0 Å². The fourth-order valence-corrected chi connectivity index (χ4v) is 4.49. The maximum absolute atomic E-state index is 13.4. The van der Waals surface area contributed by atoms with E-state index in [1.54, 1.807) is 6.20 Å². The Kier molecular flexibility index (Phi) is 4.28. The standard InChI is InChI=1S/C24H22N4O2/c1-3-19-22-20(17-9-11-18(12-10-17)27-14-13-25-15(27)2)21(16-7-5-4-6-8-16)23(29)28(22)24(30)26-19/h4-14,19,21H,3H2,1-2H3,(H,26,30). The highest BCUT2D eigenvalue weighted by Gasteiger charge is 2.50. The summed E-state index contributed by atoms with van der Waals surface area (Å²) >= 11 is 0. The molecular weight excluding hydrogens is 376 g/mol. The molecule has 1 saturated heterocycles. The van der Waals surface area contributed by atoms with E-state index < -0.39 is 5.92 Å². The second-order valence-electron chi connectivity index (χ2n) is 7.62. The van der Waals surface area contributed by atoms with Crippen molar-refractivity contribution < 1.29 is 9.59 Å². The smallest absolute Gasteiger partial charge is 0.329 e. The maximum atomic E-state index is 13.4. The second-order valence-corrected chi connectivity index (χ2v) is 7.62. The maximum Gasteiger partial charge on any atom is 0.329 e. The van der Waals surface area contributed by atoms with Crippen LogP contribution in [-0.4, -0.2) is 32.4 Å². The predicted octanol–water partition coefficient (Wildman–Crippen LogP) is 4.02. The molecule has 1 N–H and O–H groups in total. The Balaban J connectivity index is 1.66. The molecule has 0 aliphatic carbocycles. The first kappa shape index (κ1) is 18.4. The van der Waals surface area contributed by atoms with E-state index in [9.17, 15) is 9.59 Å². The van der Waals surface area contributed by atoms with Crippen molar-refractivity contribution in [3.05, 3.63) is 89.6 Å². The minimum Gasteiger partial charge on any atom is -0.329 e. The van der Waals surface area contributed by atoms with Gasteiger partial charge in [-0.25, -0.2) is 14.7 Å². The number of nitrogens with zero attached hydrogens (tertiary/aromatic N) is 3. The van der Waals surface area contributed by atoms with E-state index in [1.165, 1.54) is 4.90 Å². The van der Waals surface area contributed by atoms with Crippen molar-refractivity contribution in [3.8, 4) is 5.69 Å². The fraction of sp³-hybridized carbons (Fsp3) is 0.208. The van der Waals surface area contributed by atoms with Gasteiger partial charge in [0.2, 0.25) is 5.91 Å². The van der Waals surface area contributed by atoms with Crippen molar-refractivity contribution >= 4 is 17.5 Å². The number of imide groups is 1. The molecule has 3 aromatic rings. The first-order valence-corrected chi connectivity index (χ1v) is 10.1. The minimum atomic E-state index is -0.484. The zero-order valence-electron chi connectivity index (χ0n) is 16.9. The zero-order valence-corrected chi connectivity index (χ0v) is 16.9. The van der Waals surface area contributed by atoms with Gasteiger partial charge in [0.15, 0.2) is 0 Å². The highest BCUT2D eigenvalue weighted by molar-refractivity contribution is 6.14. The van der Waals surface area contributed by atoms with Crippen molar-refractivity contribution in [2.24, 2.45) is 0 Å². The summed E-state index contributed by atoms with van der Waals surface area (Å²) in [5.74, 6) is 0.238. The number of aromatic nitrogens is 2. The van der Waals surface area contributed by atoms with Crippen molar-refractivity contribution in [2.75, 3.05) is 0 Å². The van der Waals surface area contributed by atoms with Crippen LogP contribution in [0.2, 0.25) is 0 Å². The quantitative estimate of drug-likeness (QED) is 0.722. The van der Waals surface area contributed by atoms with Crippen molar-refractivity contribution in [3.63, 3.8) is 0 Å². The molecule has 3 heterocycles. The van der Waals surface area contributed by atoms with E-state index in [0.717, 1.165) is 40.3 Å². The SMILES string of the molecule is CCC1NC(=O)N2C(=O)C(c3ccccc3)C(c3ccc(-n4ccnc4C)cc3)=C12. The van der Waals surface area contributed by atoms with Gasteiger partial charge in [0, 0.05) is 18.1 Å². The van der Waals surface area contributed by atoms with Crippen LogP contribution in [0.1, 0.15) is 36.2 Å². The summed E-state index contributed by atoms with van der Waals surface area (Å²) in [6.07, 6.45) is 4.42. The third-order valence-electron chi connectivity index (χ3n) is 5.93. The molecule has 0 radical (unpaired) electrons. The van der Waals surface area contributed by atoms with Crippen LogP contribution in [-0.2, 0) is 4.79 Å². The van der Waals surface area contributed by atoms with E-state index in [4.69, 9.17) is 0 Å². The summed E-state index contributed by atoms with van der Waals surface area (Å²) in [7, 11) is 0. The van der Waals surface area contributed by atoms with Gasteiger partial charge < -0.3 is 9.88 Å². The third kappa shape index (κ3) is 2.68. The first-order valence-electron chi connectivity index (χ1n) is 10.1. The third-order valence-corrected chi connectivity index (χ3v) is 5.93. The monoisotopic (exact) mass is 398 g/mol. The molecule has 6 nitrogen and oxygen atoms in total. The highest BCUT2D eigenvalue weighted by atomic mass is 16.2. The molecule has 0 saturated carbocycles. The molecule has 2 atom stereocenters. The van der Waals surface area contributed by atoms with Crippen molar-refractivity contribution in [2.45, 2.75) is 32.2 Å². The number of carbonyl (C=O) groups excluding carboxylic acids is 2. The first-order chi connectivity index (χ1) is 14.6. The van der Waals surface area contributed by atoms with Crippen molar-refractivity contribution in [1.29, 1.82) is 0 Å². The van der Waals surface area contributed by atoms with E-state index in [0.29, 0.717) is 0 Å². The molecule has 2 aliphatic heterocycles. The summed E-state index contributed by atoms with van der Waals surface area (Å²) in [6, 6.07) is 17.3. The highest BCUT2D eigenvalue weighted by Crippen LogP contribution is 2.46. The van der Waals surface area contributed by atoms with E-state index >= 15 is 0 Å².